The summed E-state index contributed by atoms with van der Waals surface area (Å²) >= 11 is 0. The number of carbonyl (C=O) groups is 2. The summed E-state index contributed by atoms with van der Waals surface area (Å²) < 4.78 is 22.5. The molecule has 0 spiro atoms. The summed E-state index contributed by atoms with van der Waals surface area (Å²) in [4.78, 5) is 22.2. The Bertz CT molecular complexity index is 415. The van der Waals surface area contributed by atoms with Gasteiger partial charge < -0.3 is 24.1 Å². The fourth-order valence-corrected chi connectivity index (χ4v) is 3.17. The normalized spacial score (nSPS) is 11.2. The molecule has 0 saturated heterocycles. The van der Waals surface area contributed by atoms with E-state index in [-0.39, 0.29) is 25.3 Å². The number of unbranched alkanes of at least 4 members (excludes halogenated alkanes) is 10. The zero-order chi connectivity index (χ0) is 23.7. The van der Waals surface area contributed by atoms with Crippen LogP contribution in [0, 0.1) is 0 Å². The highest BCUT2D eigenvalue weighted by Crippen LogP contribution is 2.08. The number of esters is 1. The molecule has 0 aliphatic carbocycles. The highest BCUT2D eigenvalue weighted by molar-refractivity contribution is 5.69. The molecule has 0 aliphatic rings. The SMILES string of the molecule is CCCCCCOC(COCCOC(=O)CCCCCCCC(=O)O)OCCCCCC. The van der Waals surface area contributed by atoms with Crippen LogP contribution in [-0.4, -0.2) is 56.4 Å². The molecular formula is C25H48O7. The first kappa shape index (κ1) is 30.8. The maximum Gasteiger partial charge on any atom is 0.305 e. The topological polar surface area (TPSA) is 91.3 Å². The third-order valence-corrected chi connectivity index (χ3v) is 5.12. The molecule has 0 amide bonds. The lowest BCUT2D eigenvalue weighted by Crippen LogP contribution is -2.26. The fourth-order valence-electron chi connectivity index (χ4n) is 3.17. The van der Waals surface area contributed by atoms with E-state index < -0.39 is 5.97 Å². The Morgan fingerprint density at radius 2 is 1.19 bits per heavy atom. The molecule has 0 aliphatic heterocycles. The van der Waals surface area contributed by atoms with Gasteiger partial charge in [-0.1, -0.05) is 71.6 Å². The standard InChI is InChI=1S/C25H48O7/c1-3-5-7-14-18-31-25(32-19-15-8-6-4-2)22-29-20-21-30-24(28)17-13-11-9-10-12-16-23(26)27/h25H,3-22H2,1-2H3,(H,26,27). The maximum absolute atomic E-state index is 11.8. The third-order valence-electron chi connectivity index (χ3n) is 5.12. The second kappa shape index (κ2) is 24.5. The Labute approximate surface area is 195 Å². The maximum atomic E-state index is 11.8. The van der Waals surface area contributed by atoms with Crippen molar-refractivity contribution in [3.8, 4) is 0 Å². The summed E-state index contributed by atoms with van der Waals surface area (Å²) in [6.45, 7) is 6.63. The first-order valence-electron chi connectivity index (χ1n) is 12.8. The minimum Gasteiger partial charge on any atom is -0.481 e. The van der Waals surface area contributed by atoms with Crippen LogP contribution in [-0.2, 0) is 28.5 Å². The van der Waals surface area contributed by atoms with Gasteiger partial charge in [-0.2, -0.15) is 0 Å². The Morgan fingerprint density at radius 3 is 1.75 bits per heavy atom. The Hall–Kier alpha value is -1.18. The van der Waals surface area contributed by atoms with Gasteiger partial charge in [-0.05, 0) is 25.7 Å². The predicted molar refractivity (Wildman–Crippen MR) is 126 cm³/mol. The number of rotatable bonds is 25. The van der Waals surface area contributed by atoms with E-state index in [1.807, 2.05) is 0 Å². The Morgan fingerprint density at radius 1 is 0.656 bits per heavy atom. The number of carboxylic acid groups (broad SMARTS) is 1. The minimum atomic E-state index is -0.751. The molecule has 7 heteroatoms. The third kappa shape index (κ3) is 23.5. The van der Waals surface area contributed by atoms with E-state index in [9.17, 15) is 9.59 Å². The zero-order valence-electron chi connectivity index (χ0n) is 20.6. The number of ether oxygens (including phenoxy) is 4. The minimum absolute atomic E-state index is 0.213. The molecule has 0 aromatic carbocycles. The number of aliphatic carboxylic acids is 1. The van der Waals surface area contributed by atoms with Crippen molar-refractivity contribution in [2.45, 2.75) is 116 Å². The van der Waals surface area contributed by atoms with Gasteiger partial charge in [0.1, 0.15) is 6.61 Å². The molecule has 32 heavy (non-hydrogen) atoms. The van der Waals surface area contributed by atoms with Crippen LogP contribution in [0.3, 0.4) is 0 Å². The molecule has 0 heterocycles. The number of hydrogen-bond acceptors (Lipinski definition) is 6. The van der Waals surface area contributed by atoms with Crippen LogP contribution in [0.1, 0.15) is 110 Å². The van der Waals surface area contributed by atoms with Crippen molar-refractivity contribution in [1.82, 2.24) is 0 Å². The van der Waals surface area contributed by atoms with E-state index >= 15 is 0 Å². The predicted octanol–water partition coefficient (Wildman–Crippen LogP) is 5.88. The molecule has 0 atom stereocenters. The second-order valence-electron chi connectivity index (χ2n) is 8.25. The molecule has 1 N–H and O–H groups in total. The van der Waals surface area contributed by atoms with Gasteiger partial charge in [0.25, 0.3) is 0 Å². The van der Waals surface area contributed by atoms with Crippen molar-refractivity contribution in [2.24, 2.45) is 0 Å². The summed E-state index contributed by atoms with van der Waals surface area (Å²) in [6.07, 6.45) is 13.7. The lowest BCUT2D eigenvalue weighted by molar-refractivity contribution is -0.176. The van der Waals surface area contributed by atoms with Crippen LogP contribution >= 0.6 is 0 Å². The number of hydrogen-bond donors (Lipinski definition) is 1. The van der Waals surface area contributed by atoms with E-state index in [1.54, 1.807) is 0 Å². The highest BCUT2D eigenvalue weighted by atomic mass is 16.7. The van der Waals surface area contributed by atoms with E-state index in [0.29, 0.717) is 39.3 Å². The summed E-state index contributed by atoms with van der Waals surface area (Å²) in [5.41, 5.74) is 0. The van der Waals surface area contributed by atoms with Crippen LogP contribution in [0.5, 0.6) is 0 Å². The first-order chi connectivity index (χ1) is 15.6. The second-order valence-corrected chi connectivity index (χ2v) is 8.25. The van der Waals surface area contributed by atoms with E-state index in [4.69, 9.17) is 24.1 Å². The van der Waals surface area contributed by atoms with Crippen LogP contribution < -0.4 is 0 Å². The van der Waals surface area contributed by atoms with Gasteiger partial charge in [0.15, 0.2) is 6.29 Å². The lowest BCUT2D eigenvalue weighted by Gasteiger charge is -2.19. The van der Waals surface area contributed by atoms with Gasteiger partial charge in [-0.15, -0.1) is 0 Å². The number of carboxylic acids is 1. The summed E-state index contributed by atoms with van der Waals surface area (Å²) in [5.74, 6) is -0.964. The lowest BCUT2D eigenvalue weighted by atomic mass is 10.1. The van der Waals surface area contributed by atoms with Crippen LogP contribution in [0.2, 0.25) is 0 Å². The van der Waals surface area contributed by atoms with Gasteiger partial charge in [0, 0.05) is 26.1 Å². The molecule has 190 valence electrons. The van der Waals surface area contributed by atoms with Crippen molar-refractivity contribution in [1.29, 1.82) is 0 Å². The molecule has 7 nitrogen and oxygen atoms in total. The molecule has 0 aromatic heterocycles. The Balaban J connectivity index is 3.78. The number of carbonyl (C=O) groups excluding carboxylic acids is 1. The molecular weight excluding hydrogens is 412 g/mol. The van der Waals surface area contributed by atoms with Gasteiger partial charge >= 0.3 is 11.9 Å². The van der Waals surface area contributed by atoms with Crippen LogP contribution in [0.4, 0.5) is 0 Å². The summed E-state index contributed by atoms with van der Waals surface area (Å²) in [7, 11) is 0. The van der Waals surface area contributed by atoms with Gasteiger partial charge in [-0.3, -0.25) is 9.59 Å². The van der Waals surface area contributed by atoms with Crippen molar-refractivity contribution in [2.75, 3.05) is 33.0 Å². The van der Waals surface area contributed by atoms with Gasteiger partial charge in [0.2, 0.25) is 0 Å². The van der Waals surface area contributed by atoms with Crippen LogP contribution in [0.15, 0.2) is 0 Å². The summed E-state index contributed by atoms with van der Waals surface area (Å²) in [5, 5.41) is 8.59. The molecule has 0 fully saturated rings. The van der Waals surface area contributed by atoms with Crippen molar-refractivity contribution >= 4 is 11.9 Å². The van der Waals surface area contributed by atoms with Crippen LogP contribution in [0.25, 0.3) is 0 Å². The first-order valence-corrected chi connectivity index (χ1v) is 12.8. The quantitative estimate of drug-likeness (QED) is 0.103. The largest absolute Gasteiger partial charge is 0.481 e. The van der Waals surface area contributed by atoms with E-state index in [2.05, 4.69) is 13.8 Å². The molecule has 0 radical (unpaired) electrons. The smallest absolute Gasteiger partial charge is 0.305 e. The molecule has 0 bridgehead atoms. The molecule has 0 rings (SSSR count). The van der Waals surface area contributed by atoms with E-state index in [1.165, 1.54) is 38.5 Å². The molecule has 0 unspecified atom stereocenters. The fraction of sp³-hybridized carbons (Fsp3) is 0.920. The summed E-state index contributed by atoms with van der Waals surface area (Å²) in [6, 6.07) is 0. The molecule has 0 aromatic rings. The average molecular weight is 461 g/mol. The van der Waals surface area contributed by atoms with Gasteiger partial charge in [-0.25, -0.2) is 0 Å². The Kier molecular flexibility index (Phi) is 23.6. The zero-order valence-corrected chi connectivity index (χ0v) is 20.6. The monoisotopic (exact) mass is 460 g/mol. The van der Waals surface area contributed by atoms with Crippen molar-refractivity contribution in [3.63, 3.8) is 0 Å². The van der Waals surface area contributed by atoms with E-state index in [0.717, 1.165) is 38.5 Å². The molecule has 0 saturated carbocycles. The van der Waals surface area contributed by atoms with Crippen molar-refractivity contribution < 1.29 is 33.6 Å². The van der Waals surface area contributed by atoms with Crippen molar-refractivity contribution in [3.05, 3.63) is 0 Å². The average Bonchev–Trinajstić information content (AvgIpc) is 2.77. The highest BCUT2D eigenvalue weighted by Gasteiger charge is 2.10. The van der Waals surface area contributed by atoms with Gasteiger partial charge in [0.05, 0.1) is 13.2 Å².